The summed E-state index contributed by atoms with van der Waals surface area (Å²) in [6.07, 6.45) is 3.39. The predicted octanol–water partition coefficient (Wildman–Crippen LogP) is 2.07. The van der Waals surface area contributed by atoms with E-state index in [0.717, 1.165) is 10.5 Å². The number of hydrogen-bond donors (Lipinski definition) is 0. The molecule has 2 heteroatoms. The molecule has 0 aliphatic heterocycles. The zero-order valence-electron chi connectivity index (χ0n) is 6.41. The highest BCUT2D eigenvalue weighted by atomic mass is 32.2. The molecular weight excluding hydrogens is 156 g/mol. The van der Waals surface area contributed by atoms with Crippen LogP contribution in [-0.4, -0.2) is 10.8 Å². The Bertz CT molecular complexity index is 255. The molecule has 58 valence electrons. The van der Waals surface area contributed by atoms with Crippen LogP contribution in [0.2, 0.25) is 0 Å². The average molecular weight is 166 g/mol. The molecule has 0 bridgehead atoms. The van der Waals surface area contributed by atoms with Crippen molar-refractivity contribution in [3.05, 3.63) is 36.4 Å². The number of rotatable bonds is 2. The Labute approximate surface area is 69.9 Å². The van der Waals surface area contributed by atoms with E-state index in [-0.39, 0.29) is 0 Å². The van der Waals surface area contributed by atoms with Crippen LogP contribution in [0.3, 0.4) is 0 Å². The smallest absolute Gasteiger partial charge is 0.159 e. The summed E-state index contributed by atoms with van der Waals surface area (Å²) in [5.41, 5.74) is 0.952. The van der Waals surface area contributed by atoms with Crippen LogP contribution in [0.5, 0.6) is 0 Å². The van der Waals surface area contributed by atoms with Crippen molar-refractivity contribution < 1.29 is 4.55 Å². The van der Waals surface area contributed by atoms with Crippen molar-refractivity contribution in [3.63, 3.8) is 0 Å². The standard InChI is InChI=1S/C9H10OS/c1-3-8-6-4-5-7-9(8)11(2)10/h3-7H,1H2,2H3. The van der Waals surface area contributed by atoms with Crippen molar-refractivity contribution in [2.45, 2.75) is 4.90 Å². The fourth-order valence-corrected chi connectivity index (χ4v) is 1.66. The molecule has 1 aromatic carbocycles. The highest BCUT2D eigenvalue weighted by Crippen LogP contribution is 2.15. The minimum absolute atomic E-state index is 0.850. The van der Waals surface area contributed by atoms with Gasteiger partial charge in [0.05, 0.1) is 0 Å². The van der Waals surface area contributed by atoms with Gasteiger partial charge in [0.2, 0.25) is 0 Å². The van der Waals surface area contributed by atoms with Gasteiger partial charge in [-0.2, -0.15) is 0 Å². The maximum absolute atomic E-state index is 11.1. The fraction of sp³-hybridized carbons (Fsp3) is 0.111. The van der Waals surface area contributed by atoms with E-state index in [1.165, 1.54) is 0 Å². The average Bonchev–Trinajstić information content (AvgIpc) is 2.04. The molecule has 0 radical (unpaired) electrons. The molecule has 0 amide bonds. The van der Waals surface area contributed by atoms with E-state index in [1.807, 2.05) is 24.3 Å². The van der Waals surface area contributed by atoms with Crippen LogP contribution < -0.4 is 0 Å². The zero-order chi connectivity index (χ0) is 8.27. The summed E-state index contributed by atoms with van der Waals surface area (Å²) in [5.74, 6) is 0. The lowest BCUT2D eigenvalue weighted by Gasteiger charge is -2.06. The van der Waals surface area contributed by atoms with Crippen LogP contribution >= 0.6 is 0 Å². The molecule has 1 rings (SSSR count). The molecule has 1 nitrogen and oxygen atoms in total. The molecule has 11 heavy (non-hydrogen) atoms. The molecule has 0 heterocycles. The Balaban J connectivity index is 3.12. The van der Waals surface area contributed by atoms with E-state index in [0.29, 0.717) is 0 Å². The molecule has 1 aromatic rings. The summed E-state index contributed by atoms with van der Waals surface area (Å²) >= 11 is -0.912. The molecule has 0 fully saturated rings. The van der Waals surface area contributed by atoms with Crippen LogP contribution in [0, 0.1) is 0 Å². The van der Waals surface area contributed by atoms with Gasteiger partial charge in [-0.15, -0.1) is 0 Å². The Morgan fingerprint density at radius 3 is 2.55 bits per heavy atom. The summed E-state index contributed by atoms with van der Waals surface area (Å²) in [6.45, 7) is 3.64. The molecule has 0 saturated carbocycles. The van der Waals surface area contributed by atoms with Crippen molar-refractivity contribution >= 4 is 17.3 Å². The summed E-state index contributed by atoms with van der Waals surface area (Å²) in [5, 5.41) is 0. The molecule has 0 aliphatic rings. The minimum Gasteiger partial charge on any atom is -0.612 e. The van der Waals surface area contributed by atoms with Gasteiger partial charge < -0.3 is 4.55 Å². The van der Waals surface area contributed by atoms with Gasteiger partial charge in [0.15, 0.2) is 4.90 Å². The van der Waals surface area contributed by atoms with Gasteiger partial charge >= 0.3 is 0 Å². The Hall–Kier alpha value is -0.730. The van der Waals surface area contributed by atoms with Gasteiger partial charge in [0.1, 0.15) is 6.26 Å². The first-order valence-corrected chi connectivity index (χ1v) is 4.86. The Morgan fingerprint density at radius 2 is 2.09 bits per heavy atom. The Kier molecular flexibility index (Phi) is 2.74. The van der Waals surface area contributed by atoms with Gasteiger partial charge in [-0.3, -0.25) is 0 Å². The second-order valence-electron chi connectivity index (χ2n) is 2.20. The van der Waals surface area contributed by atoms with Crippen LogP contribution in [0.15, 0.2) is 35.7 Å². The lowest BCUT2D eigenvalue weighted by molar-refractivity contribution is 0.600. The third kappa shape index (κ3) is 1.85. The van der Waals surface area contributed by atoms with Crippen molar-refractivity contribution in [3.8, 4) is 0 Å². The van der Waals surface area contributed by atoms with Gasteiger partial charge in [-0.05, 0) is 23.3 Å². The molecule has 0 aliphatic carbocycles. The van der Waals surface area contributed by atoms with E-state index < -0.39 is 11.2 Å². The van der Waals surface area contributed by atoms with Crippen LogP contribution in [0.25, 0.3) is 6.08 Å². The molecular formula is C9H10OS. The highest BCUT2D eigenvalue weighted by molar-refractivity contribution is 7.90. The van der Waals surface area contributed by atoms with E-state index in [1.54, 1.807) is 12.3 Å². The first kappa shape index (κ1) is 8.37. The van der Waals surface area contributed by atoms with Crippen molar-refractivity contribution in [2.24, 2.45) is 0 Å². The highest BCUT2D eigenvalue weighted by Gasteiger charge is 2.06. The van der Waals surface area contributed by atoms with Gasteiger partial charge in [0, 0.05) is 5.56 Å². The van der Waals surface area contributed by atoms with Crippen LogP contribution in [0.4, 0.5) is 0 Å². The second-order valence-corrected chi connectivity index (χ2v) is 3.54. The maximum Gasteiger partial charge on any atom is 0.159 e. The zero-order valence-corrected chi connectivity index (χ0v) is 7.23. The van der Waals surface area contributed by atoms with E-state index in [4.69, 9.17) is 0 Å². The first-order chi connectivity index (χ1) is 5.25. The van der Waals surface area contributed by atoms with Crippen molar-refractivity contribution in [1.82, 2.24) is 0 Å². The minimum atomic E-state index is -0.912. The molecule has 0 aromatic heterocycles. The van der Waals surface area contributed by atoms with Crippen molar-refractivity contribution in [2.75, 3.05) is 6.26 Å². The maximum atomic E-state index is 11.1. The fourth-order valence-electron chi connectivity index (χ4n) is 0.911. The van der Waals surface area contributed by atoms with Crippen LogP contribution in [-0.2, 0) is 11.2 Å². The molecule has 0 N–H and O–H groups in total. The molecule has 1 atom stereocenters. The topological polar surface area (TPSA) is 23.1 Å². The third-order valence-electron chi connectivity index (χ3n) is 1.45. The largest absolute Gasteiger partial charge is 0.612 e. The lowest BCUT2D eigenvalue weighted by Crippen LogP contribution is -1.98. The van der Waals surface area contributed by atoms with Gasteiger partial charge in [0.25, 0.3) is 0 Å². The Morgan fingerprint density at radius 1 is 1.45 bits per heavy atom. The second kappa shape index (κ2) is 3.60. The predicted molar refractivity (Wildman–Crippen MR) is 48.9 cm³/mol. The molecule has 0 spiro atoms. The monoisotopic (exact) mass is 166 g/mol. The molecule has 1 unspecified atom stereocenters. The van der Waals surface area contributed by atoms with Crippen LogP contribution in [0.1, 0.15) is 5.56 Å². The quantitative estimate of drug-likeness (QED) is 0.617. The van der Waals surface area contributed by atoms with E-state index in [9.17, 15) is 4.55 Å². The SMILES string of the molecule is C=Cc1ccccc1[S+](C)[O-]. The first-order valence-electron chi connectivity index (χ1n) is 3.30. The summed E-state index contributed by atoms with van der Waals surface area (Å²) in [7, 11) is 0. The van der Waals surface area contributed by atoms with Gasteiger partial charge in [-0.1, -0.05) is 24.8 Å². The summed E-state index contributed by atoms with van der Waals surface area (Å²) in [6, 6.07) is 7.55. The number of hydrogen-bond acceptors (Lipinski definition) is 1. The summed E-state index contributed by atoms with van der Waals surface area (Å²) < 4.78 is 11.1. The van der Waals surface area contributed by atoms with E-state index in [2.05, 4.69) is 6.58 Å². The third-order valence-corrected chi connectivity index (χ3v) is 2.44. The van der Waals surface area contributed by atoms with Crippen molar-refractivity contribution in [1.29, 1.82) is 0 Å². The van der Waals surface area contributed by atoms with E-state index >= 15 is 0 Å². The summed E-state index contributed by atoms with van der Waals surface area (Å²) in [4.78, 5) is 0.850. The molecule has 0 saturated heterocycles. The normalized spacial score (nSPS) is 12.5. The number of benzene rings is 1. The lowest BCUT2D eigenvalue weighted by atomic mass is 10.2. The van der Waals surface area contributed by atoms with Gasteiger partial charge in [-0.25, -0.2) is 0 Å².